The minimum Gasteiger partial charge on any atom is -0.466 e. The third-order valence-corrected chi connectivity index (χ3v) is 3.65. The summed E-state index contributed by atoms with van der Waals surface area (Å²) in [5.41, 5.74) is 0. The summed E-state index contributed by atoms with van der Waals surface area (Å²) in [5, 5.41) is 0. The molecular formula is C6H11O4P. The summed E-state index contributed by atoms with van der Waals surface area (Å²) in [5.74, 6) is -0.668. The molecule has 1 heterocycles. The van der Waals surface area contributed by atoms with Gasteiger partial charge < -0.3 is 9.63 Å². The molecule has 0 aromatic heterocycles. The maximum atomic E-state index is 10.9. The van der Waals surface area contributed by atoms with Crippen LogP contribution in [0.15, 0.2) is 0 Å². The summed E-state index contributed by atoms with van der Waals surface area (Å²) < 4.78 is 15.4. The highest BCUT2D eigenvalue weighted by atomic mass is 31.2. The molecule has 0 unspecified atom stereocenters. The molecule has 0 radical (unpaired) electrons. The average Bonchev–Trinajstić information content (AvgIpc) is 1.83. The summed E-state index contributed by atoms with van der Waals surface area (Å²) in [6.07, 6.45) is 0.206. The Labute approximate surface area is 65.0 Å². The summed E-state index contributed by atoms with van der Waals surface area (Å²) in [7, 11) is -2.90. The molecule has 0 spiro atoms. The topological polar surface area (TPSA) is 63.6 Å². The van der Waals surface area contributed by atoms with Crippen molar-refractivity contribution < 1.29 is 19.0 Å². The Bertz CT molecular complexity index is 203. The first kappa shape index (κ1) is 8.75. The van der Waals surface area contributed by atoms with Crippen molar-refractivity contribution in [2.75, 3.05) is 18.9 Å². The highest BCUT2D eigenvalue weighted by Gasteiger charge is 2.43. The lowest BCUT2D eigenvalue weighted by molar-refractivity contribution is -0.147. The van der Waals surface area contributed by atoms with Gasteiger partial charge in [-0.15, -0.1) is 0 Å². The summed E-state index contributed by atoms with van der Waals surface area (Å²) in [6.45, 7) is 2.06. The van der Waals surface area contributed by atoms with Gasteiger partial charge in [-0.05, 0) is 6.92 Å². The zero-order chi connectivity index (χ0) is 8.48. The molecule has 1 aliphatic rings. The van der Waals surface area contributed by atoms with Gasteiger partial charge in [-0.2, -0.15) is 0 Å². The number of ether oxygens (including phenoxy) is 1. The molecule has 4 nitrogen and oxygen atoms in total. The molecule has 64 valence electrons. The first-order valence-corrected chi connectivity index (χ1v) is 5.55. The Morgan fingerprint density at radius 2 is 2.27 bits per heavy atom. The number of hydrogen-bond acceptors (Lipinski definition) is 3. The van der Waals surface area contributed by atoms with Crippen molar-refractivity contribution in [3.05, 3.63) is 0 Å². The largest absolute Gasteiger partial charge is 0.466 e. The molecule has 1 rings (SSSR count). The van der Waals surface area contributed by atoms with Crippen LogP contribution in [-0.2, 0) is 14.1 Å². The van der Waals surface area contributed by atoms with E-state index in [1.807, 2.05) is 0 Å². The third-order valence-electron chi connectivity index (χ3n) is 1.63. The van der Waals surface area contributed by atoms with Gasteiger partial charge in [0.05, 0.1) is 12.5 Å². The van der Waals surface area contributed by atoms with E-state index >= 15 is 0 Å². The van der Waals surface area contributed by atoms with E-state index in [0.29, 0.717) is 6.61 Å². The molecule has 0 saturated carbocycles. The number of carbonyl (C=O) groups excluding carboxylic acids is 1. The van der Waals surface area contributed by atoms with Gasteiger partial charge in [0.25, 0.3) is 0 Å². The average molecular weight is 178 g/mol. The molecule has 1 fully saturated rings. The standard InChI is InChI=1S/C6H11O4P/c1-2-10-6(7)5-3-11(8,9)4-5/h5H,2-4H2,1H3,(H,8,9). The predicted molar refractivity (Wildman–Crippen MR) is 39.7 cm³/mol. The second-order valence-corrected chi connectivity index (χ2v) is 5.08. The molecule has 0 bridgehead atoms. The highest BCUT2D eigenvalue weighted by Crippen LogP contribution is 2.54. The van der Waals surface area contributed by atoms with Gasteiger partial charge in [-0.3, -0.25) is 9.36 Å². The molecule has 1 N–H and O–H groups in total. The van der Waals surface area contributed by atoms with E-state index in [1.54, 1.807) is 6.92 Å². The molecule has 1 saturated heterocycles. The summed E-state index contributed by atoms with van der Waals surface area (Å²) in [4.78, 5) is 19.7. The van der Waals surface area contributed by atoms with E-state index in [9.17, 15) is 9.36 Å². The van der Waals surface area contributed by atoms with Crippen LogP contribution in [0.4, 0.5) is 0 Å². The van der Waals surface area contributed by atoms with Crippen LogP contribution in [0.25, 0.3) is 0 Å². The minimum absolute atomic E-state index is 0.103. The summed E-state index contributed by atoms with van der Waals surface area (Å²) >= 11 is 0. The maximum absolute atomic E-state index is 10.9. The van der Waals surface area contributed by atoms with Gasteiger partial charge in [-0.1, -0.05) is 0 Å². The Morgan fingerprint density at radius 3 is 2.64 bits per heavy atom. The lowest BCUT2D eigenvalue weighted by Crippen LogP contribution is -2.33. The first-order chi connectivity index (χ1) is 5.05. The smallest absolute Gasteiger partial charge is 0.310 e. The van der Waals surface area contributed by atoms with Crippen molar-refractivity contribution in [3.8, 4) is 0 Å². The van der Waals surface area contributed by atoms with Gasteiger partial charge >= 0.3 is 5.97 Å². The van der Waals surface area contributed by atoms with Crippen LogP contribution in [0.2, 0.25) is 0 Å². The highest BCUT2D eigenvalue weighted by molar-refractivity contribution is 7.59. The fourth-order valence-electron chi connectivity index (χ4n) is 1.04. The van der Waals surface area contributed by atoms with Gasteiger partial charge in [-0.25, -0.2) is 0 Å². The quantitative estimate of drug-likeness (QED) is 0.492. The van der Waals surface area contributed by atoms with E-state index in [4.69, 9.17) is 4.89 Å². The molecular weight excluding hydrogens is 167 g/mol. The van der Waals surface area contributed by atoms with Crippen molar-refractivity contribution in [2.24, 2.45) is 5.92 Å². The Hall–Kier alpha value is -0.340. The molecule has 1 aliphatic heterocycles. The van der Waals surface area contributed by atoms with Crippen LogP contribution in [-0.4, -0.2) is 29.8 Å². The van der Waals surface area contributed by atoms with E-state index in [-0.39, 0.29) is 24.2 Å². The van der Waals surface area contributed by atoms with E-state index < -0.39 is 7.37 Å². The Morgan fingerprint density at radius 1 is 1.73 bits per heavy atom. The third kappa shape index (κ3) is 2.04. The van der Waals surface area contributed by atoms with E-state index in [2.05, 4.69) is 4.74 Å². The van der Waals surface area contributed by atoms with Gasteiger partial charge in [0.1, 0.15) is 0 Å². The van der Waals surface area contributed by atoms with Crippen molar-refractivity contribution in [1.29, 1.82) is 0 Å². The van der Waals surface area contributed by atoms with Crippen LogP contribution in [0.3, 0.4) is 0 Å². The molecule has 0 atom stereocenters. The zero-order valence-corrected chi connectivity index (χ0v) is 7.21. The molecule has 0 aromatic carbocycles. The number of esters is 1. The Balaban J connectivity index is 2.32. The summed E-state index contributed by atoms with van der Waals surface area (Å²) in [6, 6.07) is 0. The second-order valence-electron chi connectivity index (χ2n) is 2.66. The fraction of sp³-hybridized carbons (Fsp3) is 0.833. The van der Waals surface area contributed by atoms with Crippen LogP contribution in [0.1, 0.15) is 6.92 Å². The number of rotatable bonds is 2. The normalized spacial score (nSPS) is 36.0. The molecule has 0 amide bonds. The predicted octanol–water partition coefficient (Wildman–Crippen LogP) is 0.450. The van der Waals surface area contributed by atoms with Crippen LogP contribution in [0, 0.1) is 5.92 Å². The fourth-order valence-corrected chi connectivity index (χ4v) is 2.61. The van der Waals surface area contributed by atoms with Crippen molar-refractivity contribution >= 4 is 13.3 Å². The molecule has 5 heteroatoms. The van der Waals surface area contributed by atoms with Crippen molar-refractivity contribution in [1.82, 2.24) is 0 Å². The minimum atomic E-state index is -2.90. The van der Waals surface area contributed by atoms with E-state index in [0.717, 1.165) is 0 Å². The van der Waals surface area contributed by atoms with Gasteiger partial charge in [0.15, 0.2) is 0 Å². The van der Waals surface area contributed by atoms with E-state index in [1.165, 1.54) is 0 Å². The van der Waals surface area contributed by atoms with Crippen molar-refractivity contribution in [2.45, 2.75) is 6.92 Å². The molecule has 0 aromatic rings. The van der Waals surface area contributed by atoms with Gasteiger partial charge in [0, 0.05) is 12.3 Å². The van der Waals surface area contributed by atoms with Crippen LogP contribution < -0.4 is 0 Å². The van der Waals surface area contributed by atoms with Crippen LogP contribution >= 0.6 is 7.37 Å². The number of hydrogen-bond donors (Lipinski definition) is 1. The Kier molecular flexibility index (Phi) is 2.35. The lowest BCUT2D eigenvalue weighted by Gasteiger charge is -2.28. The lowest BCUT2D eigenvalue weighted by atomic mass is 10.2. The second kappa shape index (κ2) is 2.95. The molecule has 11 heavy (non-hydrogen) atoms. The van der Waals surface area contributed by atoms with Crippen LogP contribution in [0.5, 0.6) is 0 Å². The van der Waals surface area contributed by atoms with Crippen molar-refractivity contribution in [3.63, 3.8) is 0 Å². The number of carbonyl (C=O) groups is 1. The SMILES string of the molecule is CCOC(=O)C1CP(=O)(O)C1. The molecule has 0 aliphatic carbocycles. The zero-order valence-electron chi connectivity index (χ0n) is 6.32. The maximum Gasteiger partial charge on any atom is 0.310 e. The monoisotopic (exact) mass is 178 g/mol. The van der Waals surface area contributed by atoms with Gasteiger partial charge in [0.2, 0.25) is 7.37 Å². The first-order valence-electron chi connectivity index (χ1n) is 3.52.